The molecule has 0 spiro atoms. The van der Waals surface area contributed by atoms with Crippen molar-refractivity contribution in [2.45, 2.75) is 18.4 Å². The third-order valence-electron chi connectivity index (χ3n) is 4.00. The van der Waals surface area contributed by atoms with Gasteiger partial charge in [0.05, 0.1) is 5.02 Å². The zero-order valence-corrected chi connectivity index (χ0v) is 15.3. The molecule has 0 atom stereocenters. The largest absolute Gasteiger partial charge is 0.296 e. The second-order valence-corrected chi connectivity index (χ2v) is 9.04. The van der Waals surface area contributed by atoms with Crippen LogP contribution >= 0.6 is 22.9 Å². The number of sulfonamides is 1. The molecule has 3 rings (SSSR count). The molecule has 1 aromatic carbocycles. The molecule has 124 valence electrons. The van der Waals surface area contributed by atoms with Crippen LogP contribution in [-0.4, -0.2) is 43.8 Å². The summed E-state index contributed by atoms with van der Waals surface area (Å²) in [6.45, 7) is 5.25. The van der Waals surface area contributed by atoms with Gasteiger partial charge in [-0.25, -0.2) is 8.42 Å². The number of hydrogen-bond donors (Lipinski definition) is 0. The van der Waals surface area contributed by atoms with Crippen molar-refractivity contribution >= 4 is 33.0 Å². The monoisotopic (exact) mass is 370 g/mol. The van der Waals surface area contributed by atoms with E-state index in [0.29, 0.717) is 18.1 Å². The Hall–Kier alpha value is -0.920. The van der Waals surface area contributed by atoms with Crippen LogP contribution < -0.4 is 0 Å². The van der Waals surface area contributed by atoms with E-state index in [0.717, 1.165) is 25.2 Å². The molecule has 0 bridgehead atoms. The molecule has 7 heteroatoms. The maximum Gasteiger partial charge on any atom is 0.244 e. The van der Waals surface area contributed by atoms with Crippen molar-refractivity contribution in [1.82, 2.24) is 9.21 Å². The van der Waals surface area contributed by atoms with Crippen molar-refractivity contribution in [3.05, 3.63) is 51.2 Å². The van der Waals surface area contributed by atoms with E-state index in [-0.39, 0.29) is 4.90 Å². The number of benzene rings is 1. The van der Waals surface area contributed by atoms with Crippen LogP contribution in [-0.2, 0) is 16.6 Å². The number of hydrogen-bond acceptors (Lipinski definition) is 4. The van der Waals surface area contributed by atoms with Gasteiger partial charge in [-0.1, -0.05) is 23.7 Å². The molecule has 0 radical (unpaired) electrons. The predicted molar refractivity (Wildman–Crippen MR) is 94.5 cm³/mol. The second kappa shape index (κ2) is 6.91. The van der Waals surface area contributed by atoms with E-state index in [1.54, 1.807) is 29.5 Å². The molecule has 0 amide bonds. The Labute approximate surface area is 146 Å². The smallest absolute Gasteiger partial charge is 0.244 e. The summed E-state index contributed by atoms with van der Waals surface area (Å²) in [6, 6.07) is 9.23. The molecule has 0 aliphatic carbocycles. The van der Waals surface area contributed by atoms with Gasteiger partial charge in [0.15, 0.2) is 0 Å². The van der Waals surface area contributed by atoms with Crippen LogP contribution in [0.25, 0.3) is 0 Å². The van der Waals surface area contributed by atoms with Crippen LogP contribution in [0.5, 0.6) is 0 Å². The third kappa shape index (κ3) is 3.78. The van der Waals surface area contributed by atoms with Gasteiger partial charge in [0.25, 0.3) is 0 Å². The van der Waals surface area contributed by atoms with E-state index in [4.69, 9.17) is 11.6 Å². The van der Waals surface area contributed by atoms with E-state index in [9.17, 15) is 8.42 Å². The highest BCUT2D eigenvalue weighted by molar-refractivity contribution is 7.89. The molecule has 1 aromatic heterocycles. The Morgan fingerprint density at radius 1 is 1.17 bits per heavy atom. The van der Waals surface area contributed by atoms with Crippen LogP contribution in [0.1, 0.15) is 10.4 Å². The molecule has 1 aliphatic rings. The fourth-order valence-corrected chi connectivity index (χ4v) is 5.45. The fraction of sp³-hybridized carbons (Fsp3) is 0.375. The van der Waals surface area contributed by atoms with Gasteiger partial charge in [0.1, 0.15) is 4.90 Å². The summed E-state index contributed by atoms with van der Waals surface area (Å²) in [6.07, 6.45) is 0. The first-order chi connectivity index (χ1) is 11.0. The van der Waals surface area contributed by atoms with E-state index in [1.807, 2.05) is 13.0 Å². The van der Waals surface area contributed by atoms with Crippen molar-refractivity contribution in [3.8, 4) is 0 Å². The molecule has 23 heavy (non-hydrogen) atoms. The molecule has 1 aliphatic heterocycles. The van der Waals surface area contributed by atoms with Crippen molar-refractivity contribution in [1.29, 1.82) is 0 Å². The Balaban J connectivity index is 1.68. The van der Waals surface area contributed by atoms with E-state index < -0.39 is 10.0 Å². The Kier molecular flexibility index (Phi) is 5.08. The van der Waals surface area contributed by atoms with Crippen molar-refractivity contribution in [2.75, 3.05) is 26.2 Å². The zero-order valence-electron chi connectivity index (χ0n) is 12.9. The van der Waals surface area contributed by atoms with Gasteiger partial charge in [-0.3, -0.25) is 4.90 Å². The van der Waals surface area contributed by atoms with Crippen LogP contribution in [0, 0.1) is 6.92 Å². The summed E-state index contributed by atoms with van der Waals surface area (Å²) >= 11 is 7.87. The standard InChI is InChI=1S/C16H19ClN2O2S2/c1-13-4-5-16(15(17)11-13)23(20,21)19-8-6-18(7-9-19)12-14-3-2-10-22-14/h2-5,10-11H,6-9,12H2,1H3. The first kappa shape index (κ1) is 16.9. The van der Waals surface area contributed by atoms with Gasteiger partial charge < -0.3 is 0 Å². The maximum atomic E-state index is 12.8. The first-order valence-corrected chi connectivity index (χ1v) is 10.2. The highest BCUT2D eigenvalue weighted by atomic mass is 35.5. The number of rotatable bonds is 4. The van der Waals surface area contributed by atoms with Crippen LogP contribution in [0.4, 0.5) is 0 Å². The third-order valence-corrected chi connectivity index (χ3v) is 7.24. The molecule has 0 saturated carbocycles. The SMILES string of the molecule is Cc1ccc(S(=O)(=O)N2CCN(Cc3cccs3)CC2)c(Cl)c1. The lowest BCUT2D eigenvalue weighted by Crippen LogP contribution is -2.48. The average Bonchev–Trinajstić information content (AvgIpc) is 3.00. The van der Waals surface area contributed by atoms with E-state index >= 15 is 0 Å². The minimum atomic E-state index is -3.52. The summed E-state index contributed by atoms with van der Waals surface area (Å²) in [7, 11) is -3.52. The summed E-state index contributed by atoms with van der Waals surface area (Å²) < 4.78 is 27.1. The minimum Gasteiger partial charge on any atom is -0.296 e. The van der Waals surface area contributed by atoms with Crippen LogP contribution in [0.3, 0.4) is 0 Å². The molecule has 2 aromatic rings. The summed E-state index contributed by atoms with van der Waals surface area (Å²) in [4.78, 5) is 3.80. The minimum absolute atomic E-state index is 0.205. The number of piperazine rings is 1. The predicted octanol–water partition coefficient (Wildman–Crippen LogP) is 3.22. The maximum absolute atomic E-state index is 12.8. The van der Waals surface area contributed by atoms with E-state index in [1.165, 1.54) is 9.18 Å². The lowest BCUT2D eigenvalue weighted by molar-refractivity contribution is 0.183. The van der Waals surface area contributed by atoms with Gasteiger partial charge >= 0.3 is 0 Å². The topological polar surface area (TPSA) is 40.6 Å². The normalized spacial score (nSPS) is 17.5. The molecule has 4 nitrogen and oxygen atoms in total. The number of halogens is 1. The fourth-order valence-electron chi connectivity index (χ4n) is 2.71. The van der Waals surface area contributed by atoms with Gasteiger partial charge in [0.2, 0.25) is 10.0 Å². The van der Waals surface area contributed by atoms with Gasteiger partial charge in [-0.15, -0.1) is 11.3 Å². The molecule has 0 unspecified atom stereocenters. The summed E-state index contributed by atoms with van der Waals surface area (Å²) in [5, 5.41) is 2.36. The molecule has 0 N–H and O–H groups in total. The average molecular weight is 371 g/mol. The van der Waals surface area contributed by atoms with Gasteiger partial charge in [0, 0.05) is 37.6 Å². The van der Waals surface area contributed by atoms with Crippen molar-refractivity contribution in [2.24, 2.45) is 0 Å². The number of nitrogens with zero attached hydrogens (tertiary/aromatic N) is 2. The summed E-state index contributed by atoms with van der Waals surface area (Å²) in [5.41, 5.74) is 0.953. The lowest BCUT2D eigenvalue weighted by Gasteiger charge is -2.33. The van der Waals surface area contributed by atoms with Gasteiger partial charge in [-0.05, 0) is 36.1 Å². The quantitative estimate of drug-likeness (QED) is 0.829. The molecular formula is C16H19ClN2O2S2. The Morgan fingerprint density at radius 3 is 2.52 bits per heavy atom. The summed E-state index contributed by atoms with van der Waals surface area (Å²) in [5.74, 6) is 0. The molecule has 1 fully saturated rings. The molecular weight excluding hydrogens is 352 g/mol. The number of aryl methyl sites for hydroxylation is 1. The van der Waals surface area contributed by atoms with Crippen molar-refractivity contribution < 1.29 is 8.42 Å². The Morgan fingerprint density at radius 2 is 1.91 bits per heavy atom. The van der Waals surface area contributed by atoms with Crippen LogP contribution in [0.15, 0.2) is 40.6 Å². The zero-order chi connectivity index (χ0) is 16.4. The second-order valence-electron chi connectivity index (χ2n) is 5.69. The highest BCUT2D eigenvalue weighted by Crippen LogP contribution is 2.26. The Bertz CT molecular complexity index is 767. The molecule has 2 heterocycles. The van der Waals surface area contributed by atoms with Gasteiger partial charge in [-0.2, -0.15) is 4.31 Å². The molecule has 1 saturated heterocycles. The van der Waals surface area contributed by atoms with Crippen LogP contribution in [0.2, 0.25) is 5.02 Å². The number of thiophene rings is 1. The van der Waals surface area contributed by atoms with E-state index in [2.05, 4.69) is 16.3 Å². The van der Waals surface area contributed by atoms with Crippen molar-refractivity contribution in [3.63, 3.8) is 0 Å². The lowest BCUT2D eigenvalue weighted by atomic mass is 10.2. The highest BCUT2D eigenvalue weighted by Gasteiger charge is 2.30. The first-order valence-electron chi connectivity index (χ1n) is 7.48.